The molecule has 0 fully saturated rings. The zero-order chi connectivity index (χ0) is 18.7. The molecule has 0 spiro atoms. The molecule has 0 aromatic carbocycles. The molecular weight excluding hydrogens is 348 g/mol. The lowest BCUT2D eigenvalue weighted by Gasteiger charge is -2.06. The van der Waals surface area contributed by atoms with Crippen molar-refractivity contribution in [2.24, 2.45) is 0 Å². The van der Waals surface area contributed by atoms with E-state index in [4.69, 9.17) is 5.26 Å². The Kier molecular flexibility index (Phi) is 5.14. The first-order valence-corrected chi connectivity index (χ1v) is 9.12. The van der Waals surface area contributed by atoms with Crippen LogP contribution in [0.2, 0.25) is 0 Å². The highest BCUT2D eigenvalue weighted by Gasteiger charge is 2.11. The summed E-state index contributed by atoms with van der Waals surface area (Å²) in [5.74, 6) is 0.0455. The highest BCUT2D eigenvalue weighted by Crippen LogP contribution is 2.20. The van der Waals surface area contributed by atoms with Crippen LogP contribution in [-0.2, 0) is 12.8 Å². The minimum absolute atomic E-state index is 0.000741. The number of aryl methyl sites for hydroxylation is 2. The second-order valence-electron chi connectivity index (χ2n) is 6.20. The van der Waals surface area contributed by atoms with Crippen molar-refractivity contribution in [1.29, 1.82) is 5.26 Å². The van der Waals surface area contributed by atoms with E-state index in [1.54, 1.807) is 29.7 Å². The van der Waals surface area contributed by atoms with Crippen molar-refractivity contribution >= 4 is 23.1 Å². The minimum atomic E-state index is -0.410. The lowest BCUT2D eigenvalue weighted by molar-refractivity contribution is 0.451. The first-order valence-electron chi connectivity index (χ1n) is 8.24. The van der Waals surface area contributed by atoms with Crippen LogP contribution in [0.25, 0.3) is 11.7 Å². The van der Waals surface area contributed by atoms with E-state index in [1.807, 2.05) is 6.07 Å². The quantitative estimate of drug-likeness (QED) is 0.700. The molecule has 7 heteroatoms. The summed E-state index contributed by atoms with van der Waals surface area (Å²) in [6.45, 7) is 4.25. The Labute approximate surface area is 154 Å². The zero-order valence-corrected chi connectivity index (χ0v) is 15.3. The maximum Gasteiger partial charge on any atom is 0.269 e. The van der Waals surface area contributed by atoms with Gasteiger partial charge in [-0.2, -0.15) is 10.2 Å². The predicted octanol–water partition coefficient (Wildman–Crippen LogP) is 3.30. The van der Waals surface area contributed by atoms with Gasteiger partial charge in [0.1, 0.15) is 11.2 Å². The Hall–Kier alpha value is -2.98. The summed E-state index contributed by atoms with van der Waals surface area (Å²) in [5.41, 5.74) is 2.09. The second kappa shape index (κ2) is 7.50. The van der Waals surface area contributed by atoms with Crippen LogP contribution in [0.1, 0.15) is 41.6 Å². The van der Waals surface area contributed by atoms with E-state index in [0.29, 0.717) is 11.6 Å². The third-order valence-electron chi connectivity index (χ3n) is 4.02. The first-order chi connectivity index (χ1) is 12.5. The molecule has 3 aromatic rings. The number of hydrogen-bond donors (Lipinski definition) is 1. The average Bonchev–Trinajstić information content (AvgIpc) is 3.09. The maximum absolute atomic E-state index is 12.4. The van der Waals surface area contributed by atoms with Crippen LogP contribution in [0.3, 0.4) is 0 Å². The number of hydrogen-bond acceptors (Lipinski definition) is 6. The minimum Gasteiger partial charge on any atom is -0.493 e. The van der Waals surface area contributed by atoms with E-state index in [0.717, 1.165) is 35.2 Å². The monoisotopic (exact) mass is 366 g/mol. The summed E-state index contributed by atoms with van der Waals surface area (Å²) < 4.78 is 1.36. The van der Waals surface area contributed by atoms with Crippen molar-refractivity contribution in [2.45, 2.75) is 32.6 Å². The summed E-state index contributed by atoms with van der Waals surface area (Å²) in [6.07, 6.45) is 5.63. The predicted molar refractivity (Wildman–Crippen MR) is 101 cm³/mol. The van der Waals surface area contributed by atoms with Gasteiger partial charge in [0, 0.05) is 24.1 Å². The van der Waals surface area contributed by atoms with Gasteiger partial charge < -0.3 is 5.11 Å². The van der Waals surface area contributed by atoms with E-state index >= 15 is 0 Å². The van der Waals surface area contributed by atoms with Crippen LogP contribution in [-0.4, -0.2) is 19.5 Å². The van der Waals surface area contributed by atoms with Gasteiger partial charge in [0.2, 0.25) is 5.88 Å². The van der Waals surface area contributed by atoms with Crippen molar-refractivity contribution in [2.75, 3.05) is 0 Å². The molecule has 0 saturated carbocycles. The molecule has 1 N–H and O–H groups in total. The SMILES string of the molecule is CC(C)c1csc(CCc2ccn3c(=O)c(C=CC#N)c(O)nc3c2)n1. The van der Waals surface area contributed by atoms with Crippen LogP contribution in [0, 0.1) is 11.3 Å². The Morgan fingerprint density at radius 2 is 2.19 bits per heavy atom. The lowest BCUT2D eigenvalue weighted by Crippen LogP contribution is -2.17. The van der Waals surface area contributed by atoms with Crippen LogP contribution in [0.15, 0.2) is 34.6 Å². The molecule has 0 aliphatic rings. The highest BCUT2D eigenvalue weighted by molar-refractivity contribution is 7.09. The fourth-order valence-corrected chi connectivity index (χ4v) is 3.52. The van der Waals surface area contributed by atoms with Crippen LogP contribution < -0.4 is 5.56 Å². The lowest BCUT2D eigenvalue weighted by atomic mass is 10.1. The van der Waals surface area contributed by atoms with Crippen LogP contribution >= 0.6 is 11.3 Å². The van der Waals surface area contributed by atoms with Gasteiger partial charge in [-0.25, -0.2) is 4.98 Å². The van der Waals surface area contributed by atoms with Gasteiger partial charge in [-0.15, -0.1) is 11.3 Å². The number of aromatic nitrogens is 3. The standard InChI is InChI=1S/C19H18N4O2S/c1-12(2)15-11-26-17(21-15)6-5-13-7-9-23-16(10-13)22-18(24)14(19(23)25)4-3-8-20/h3-4,7,9-12,24H,5-6H2,1-2H3. The molecule has 0 bridgehead atoms. The summed E-state index contributed by atoms with van der Waals surface area (Å²) in [6, 6.07) is 5.45. The fourth-order valence-electron chi connectivity index (χ4n) is 2.56. The second-order valence-corrected chi connectivity index (χ2v) is 7.14. The number of nitrogens with zero attached hydrogens (tertiary/aromatic N) is 4. The van der Waals surface area contributed by atoms with Gasteiger partial charge in [0.15, 0.2) is 0 Å². The Balaban J connectivity index is 1.86. The molecule has 0 aliphatic heterocycles. The maximum atomic E-state index is 12.4. The summed E-state index contributed by atoms with van der Waals surface area (Å²) in [5, 5.41) is 21.7. The average molecular weight is 366 g/mol. The molecule has 6 nitrogen and oxygen atoms in total. The van der Waals surface area contributed by atoms with Crippen molar-refractivity contribution in [3.05, 3.63) is 62.0 Å². The van der Waals surface area contributed by atoms with Gasteiger partial charge in [0.25, 0.3) is 5.56 Å². The number of nitriles is 1. The zero-order valence-electron chi connectivity index (χ0n) is 14.5. The number of allylic oxidation sites excluding steroid dienone is 1. The van der Waals surface area contributed by atoms with E-state index in [-0.39, 0.29) is 11.4 Å². The van der Waals surface area contributed by atoms with E-state index in [2.05, 4.69) is 29.2 Å². The summed E-state index contributed by atoms with van der Waals surface area (Å²) >= 11 is 1.66. The molecule has 26 heavy (non-hydrogen) atoms. The van der Waals surface area contributed by atoms with E-state index in [1.165, 1.54) is 10.5 Å². The molecule has 132 valence electrons. The van der Waals surface area contributed by atoms with Gasteiger partial charge in [-0.05, 0) is 36.1 Å². The first kappa shape index (κ1) is 17.8. The number of pyridine rings is 1. The largest absolute Gasteiger partial charge is 0.493 e. The Morgan fingerprint density at radius 3 is 2.88 bits per heavy atom. The molecule has 0 unspecified atom stereocenters. The van der Waals surface area contributed by atoms with Crippen molar-refractivity contribution in [3.8, 4) is 11.9 Å². The number of aromatic hydroxyl groups is 1. The molecule has 0 radical (unpaired) electrons. The molecule has 0 aliphatic carbocycles. The number of rotatable bonds is 5. The molecule has 0 amide bonds. The number of fused-ring (bicyclic) bond motifs is 1. The van der Waals surface area contributed by atoms with Gasteiger partial charge in [0.05, 0.1) is 16.8 Å². The van der Waals surface area contributed by atoms with Crippen molar-refractivity contribution in [3.63, 3.8) is 0 Å². The van der Waals surface area contributed by atoms with E-state index < -0.39 is 5.56 Å². The molecule has 3 aromatic heterocycles. The van der Waals surface area contributed by atoms with E-state index in [9.17, 15) is 9.90 Å². The molecular formula is C19H18N4O2S. The molecule has 0 saturated heterocycles. The van der Waals surface area contributed by atoms with Gasteiger partial charge in [-0.3, -0.25) is 9.20 Å². The van der Waals surface area contributed by atoms with Crippen molar-refractivity contribution in [1.82, 2.24) is 14.4 Å². The van der Waals surface area contributed by atoms with Crippen molar-refractivity contribution < 1.29 is 5.11 Å². The summed E-state index contributed by atoms with van der Waals surface area (Å²) in [4.78, 5) is 21.1. The smallest absolute Gasteiger partial charge is 0.269 e. The fraction of sp³-hybridized carbons (Fsp3) is 0.263. The van der Waals surface area contributed by atoms with Gasteiger partial charge in [-0.1, -0.05) is 13.8 Å². The molecule has 3 heterocycles. The number of thiazole rings is 1. The van der Waals surface area contributed by atoms with Crippen LogP contribution in [0.4, 0.5) is 0 Å². The third-order valence-corrected chi connectivity index (χ3v) is 4.95. The van der Waals surface area contributed by atoms with Gasteiger partial charge >= 0.3 is 0 Å². The topological polar surface area (TPSA) is 91.3 Å². The third kappa shape index (κ3) is 3.65. The normalized spacial score (nSPS) is 11.5. The Morgan fingerprint density at radius 1 is 1.38 bits per heavy atom. The molecule has 3 rings (SSSR count). The molecule has 0 atom stereocenters. The van der Waals surface area contributed by atoms with Crippen LogP contribution in [0.5, 0.6) is 5.88 Å². The summed E-state index contributed by atoms with van der Waals surface area (Å²) in [7, 11) is 0. The highest BCUT2D eigenvalue weighted by atomic mass is 32.1. The Bertz CT molecular complexity index is 1070.